The highest BCUT2D eigenvalue weighted by Gasteiger charge is 2.25. The molecule has 1 saturated heterocycles. The highest BCUT2D eigenvalue weighted by molar-refractivity contribution is 5.94. The molecule has 0 unspecified atom stereocenters. The second-order valence-electron chi connectivity index (χ2n) is 4.83. The van der Waals surface area contributed by atoms with Gasteiger partial charge >= 0.3 is 6.01 Å². The Balaban J connectivity index is 1.71. The Morgan fingerprint density at radius 3 is 2.57 bits per heavy atom. The maximum atomic E-state index is 11.9. The Labute approximate surface area is 122 Å². The van der Waals surface area contributed by atoms with Crippen molar-refractivity contribution in [3.63, 3.8) is 0 Å². The molecule has 0 radical (unpaired) electrons. The molecule has 1 N–H and O–H groups in total. The number of rotatable bonds is 3. The van der Waals surface area contributed by atoms with E-state index in [0.717, 1.165) is 0 Å². The minimum Gasteiger partial charge on any atom is -0.424 e. The predicted molar refractivity (Wildman–Crippen MR) is 76.1 cm³/mol. The molecular formula is C15H15N3O3. The maximum Gasteiger partial charge on any atom is 0.322 e. The molecule has 1 amide bonds. The lowest BCUT2D eigenvalue weighted by Gasteiger charge is -2.28. The van der Waals surface area contributed by atoms with Crippen LogP contribution in [0.25, 0.3) is 0 Å². The zero-order valence-electron chi connectivity index (χ0n) is 11.3. The van der Waals surface area contributed by atoms with Crippen molar-refractivity contribution < 1.29 is 14.6 Å². The van der Waals surface area contributed by atoms with Gasteiger partial charge in [-0.1, -0.05) is 18.2 Å². The summed E-state index contributed by atoms with van der Waals surface area (Å²) in [4.78, 5) is 21.7. The second-order valence-corrected chi connectivity index (χ2v) is 4.83. The Kier molecular flexibility index (Phi) is 3.79. The fourth-order valence-electron chi connectivity index (χ4n) is 2.19. The lowest BCUT2D eigenvalue weighted by atomic mass is 10.1. The van der Waals surface area contributed by atoms with Crippen molar-refractivity contribution in [2.45, 2.75) is 18.9 Å². The first kappa shape index (κ1) is 13.5. The van der Waals surface area contributed by atoms with E-state index in [2.05, 4.69) is 9.97 Å². The first-order valence-electron chi connectivity index (χ1n) is 6.76. The molecule has 2 aromatic rings. The standard InChI is InChI=1S/C15H15N3O3/c19-12-6-7-18(14(20)8-12)11-9-16-15(17-10-11)21-13-4-2-1-3-5-13/h1-5,9-10,12,19H,6-8H2/t12-/m1/s1. The predicted octanol–water partition coefficient (Wildman–Crippen LogP) is 1.76. The monoisotopic (exact) mass is 285 g/mol. The molecule has 1 fully saturated rings. The number of aliphatic hydroxyl groups excluding tert-OH is 1. The number of carbonyl (C=O) groups is 1. The van der Waals surface area contributed by atoms with E-state index in [0.29, 0.717) is 24.4 Å². The van der Waals surface area contributed by atoms with Crippen LogP contribution in [0.1, 0.15) is 12.8 Å². The Hall–Kier alpha value is -2.47. The van der Waals surface area contributed by atoms with E-state index in [4.69, 9.17) is 4.74 Å². The fraction of sp³-hybridized carbons (Fsp3) is 0.267. The summed E-state index contributed by atoms with van der Waals surface area (Å²) in [6.07, 6.45) is 3.27. The van der Waals surface area contributed by atoms with Crippen LogP contribution in [-0.2, 0) is 4.79 Å². The summed E-state index contributed by atoms with van der Waals surface area (Å²) in [6, 6.07) is 9.48. The number of anilines is 1. The van der Waals surface area contributed by atoms with Crippen LogP contribution in [0, 0.1) is 0 Å². The van der Waals surface area contributed by atoms with Gasteiger partial charge in [-0.25, -0.2) is 9.97 Å². The molecule has 1 aliphatic rings. The van der Waals surface area contributed by atoms with Gasteiger partial charge in [0.1, 0.15) is 5.75 Å². The van der Waals surface area contributed by atoms with Gasteiger partial charge in [0, 0.05) is 6.54 Å². The van der Waals surface area contributed by atoms with Crippen LogP contribution < -0.4 is 9.64 Å². The van der Waals surface area contributed by atoms with Gasteiger partial charge in [0.2, 0.25) is 5.91 Å². The number of piperidine rings is 1. The summed E-state index contributed by atoms with van der Waals surface area (Å²) in [5.41, 5.74) is 0.618. The van der Waals surface area contributed by atoms with Gasteiger partial charge in [0.05, 0.1) is 30.6 Å². The minimum atomic E-state index is -0.546. The van der Waals surface area contributed by atoms with E-state index in [9.17, 15) is 9.90 Å². The Bertz CT molecular complexity index is 616. The van der Waals surface area contributed by atoms with E-state index in [-0.39, 0.29) is 18.3 Å². The van der Waals surface area contributed by atoms with Crippen LogP contribution in [-0.4, -0.2) is 33.6 Å². The Morgan fingerprint density at radius 2 is 1.90 bits per heavy atom. The van der Waals surface area contributed by atoms with Gasteiger partial charge in [0.15, 0.2) is 0 Å². The van der Waals surface area contributed by atoms with Gasteiger partial charge in [-0.15, -0.1) is 0 Å². The summed E-state index contributed by atoms with van der Waals surface area (Å²) in [5, 5.41) is 9.45. The number of nitrogens with zero attached hydrogens (tertiary/aromatic N) is 3. The molecule has 3 rings (SSSR count). The van der Waals surface area contributed by atoms with Crippen LogP contribution in [0.15, 0.2) is 42.7 Å². The van der Waals surface area contributed by atoms with Gasteiger partial charge < -0.3 is 14.7 Å². The average Bonchev–Trinajstić information content (AvgIpc) is 2.49. The maximum absolute atomic E-state index is 11.9. The van der Waals surface area contributed by atoms with Crippen molar-refractivity contribution in [3.05, 3.63) is 42.7 Å². The third kappa shape index (κ3) is 3.17. The van der Waals surface area contributed by atoms with E-state index >= 15 is 0 Å². The molecule has 0 aliphatic carbocycles. The quantitative estimate of drug-likeness (QED) is 0.930. The number of hydrogen-bond acceptors (Lipinski definition) is 5. The minimum absolute atomic E-state index is 0.117. The van der Waals surface area contributed by atoms with Gasteiger partial charge in [-0.3, -0.25) is 4.79 Å². The second kappa shape index (κ2) is 5.88. The SMILES string of the molecule is O=C1C[C@H](O)CCN1c1cnc(Oc2ccccc2)nc1. The van der Waals surface area contributed by atoms with Crippen LogP contribution >= 0.6 is 0 Å². The number of ether oxygens (including phenoxy) is 1. The van der Waals surface area contributed by atoms with Crippen molar-refractivity contribution in [1.82, 2.24) is 9.97 Å². The highest BCUT2D eigenvalue weighted by Crippen LogP contribution is 2.22. The number of para-hydroxylation sites is 1. The molecule has 1 atom stereocenters. The van der Waals surface area contributed by atoms with Gasteiger partial charge in [-0.2, -0.15) is 0 Å². The first-order chi connectivity index (χ1) is 10.2. The molecule has 0 spiro atoms. The molecule has 1 aromatic heterocycles. The van der Waals surface area contributed by atoms with Crippen LogP contribution in [0.2, 0.25) is 0 Å². The number of hydrogen-bond donors (Lipinski definition) is 1. The zero-order chi connectivity index (χ0) is 14.7. The highest BCUT2D eigenvalue weighted by atomic mass is 16.5. The largest absolute Gasteiger partial charge is 0.424 e. The van der Waals surface area contributed by atoms with Crippen molar-refractivity contribution in [2.75, 3.05) is 11.4 Å². The third-order valence-electron chi connectivity index (χ3n) is 3.28. The summed E-state index contributed by atoms with van der Waals surface area (Å²) >= 11 is 0. The number of carbonyl (C=O) groups excluding carboxylic acids is 1. The number of aliphatic hydroxyl groups is 1. The van der Waals surface area contributed by atoms with E-state index < -0.39 is 6.10 Å². The molecule has 21 heavy (non-hydrogen) atoms. The molecular weight excluding hydrogens is 270 g/mol. The zero-order valence-corrected chi connectivity index (χ0v) is 11.3. The molecule has 1 aliphatic heterocycles. The molecule has 0 saturated carbocycles. The van der Waals surface area contributed by atoms with Crippen molar-refractivity contribution >= 4 is 11.6 Å². The summed E-state index contributed by atoms with van der Waals surface area (Å²) in [7, 11) is 0. The number of aromatic nitrogens is 2. The molecule has 2 heterocycles. The molecule has 1 aromatic carbocycles. The van der Waals surface area contributed by atoms with Gasteiger partial charge in [-0.05, 0) is 18.6 Å². The first-order valence-corrected chi connectivity index (χ1v) is 6.76. The average molecular weight is 285 g/mol. The fourth-order valence-corrected chi connectivity index (χ4v) is 2.19. The molecule has 108 valence electrons. The lowest BCUT2D eigenvalue weighted by Crippen LogP contribution is -2.40. The molecule has 6 nitrogen and oxygen atoms in total. The smallest absolute Gasteiger partial charge is 0.322 e. The summed E-state index contributed by atoms with van der Waals surface area (Å²) in [6.45, 7) is 0.474. The van der Waals surface area contributed by atoms with Gasteiger partial charge in [0.25, 0.3) is 0 Å². The lowest BCUT2D eigenvalue weighted by molar-refractivity contribution is -0.122. The van der Waals surface area contributed by atoms with E-state index in [1.54, 1.807) is 17.3 Å². The summed E-state index contributed by atoms with van der Waals surface area (Å²) in [5.74, 6) is 0.538. The molecule has 0 bridgehead atoms. The third-order valence-corrected chi connectivity index (χ3v) is 3.28. The van der Waals surface area contributed by atoms with Crippen molar-refractivity contribution in [1.29, 1.82) is 0 Å². The van der Waals surface area contributed by atoms with Crippen molar-refractivity contribution in [2.24, 2.45) is 0 Å². The van der Waals surface area contributed by atoms with Crippen LogP contribution in [0.3, 0.4) is 0 Å². The van der Waals surface area contributed by atoms with Crippen molar-refractivity contribution in [3.8, 4) is 11.8 Å². The molecule has 6 heteroatoms. The van der Waals surface area contributed by atoms with E-state index in [1.807, 2.05) is 30.3 Å². The van der Waals surface area contributed by atoms with Crippen LogP contribution in [0.5, 0.6) is 11.8 Å². The number of benzene rings is 1. The normalized spacial score (nSPS) is 18.6. The summed E-state index contributed by atoms with van der Waals surface area (Å²) < 4.78 is 5.50. The number of amides is 1. The Morgan fingerprint density at radius 1 is 1.19 bits per heavy atom. The van der Waals surface area contributed by atoms with Crippen LogP contribution in [0.4, 0.5) is 5.69 Å². The van der Waals surface area contributed by atoms with E-state index in [1.165, 1.54) is 0 Å². The topological polar surface area (TPSA) is 75.5 Å².